The Hall–Kier alpha value is -1.52. The summed E-state index contributed by atoms with van der Waals surface area (Å²) in [5.74, 6) is 2.58. The van der Waals surface area contributed by atoms with Gasteiger partial charge >= 0.3 is 0 Å². The monoisotopic (exact) mass is 292 g/mol. The zero-order chi connectivity index (χ0) is 15.2. The maximum Gasteiger partial charge on any atom is 0.242 e. The van der Waals surface area contributed by atoms with Gasteiger partial charge in [0.25, 0.3) is 0 Å². The minimum Gasteiger partial charge on any atom is -0.476 e. The summed E-state index contributed by atoms with van der Waals surface area (Å²) >= 11 is 0. The van der Waals surface area contributed by atoms with Crippen LogP contribution in [0.1, 0.15) is 71.0 Å². The highest BCUT2D eigenvalue weighted by Gasteiger charge is 2.22. The minimum absolute atomic E-state index is 0.278. The van der Waals surface area contributed by atoms with Crippen LogP contribution in [0.3, 0.4) is 0 Å². The molecule has 1 aliphatic carbocycles. The van der Waals surface area contributed by atoms with Crippen molar-refractivity contribution in [3.63, 3.8) is 0 Å². The van der Waals surface area contributed by atoms with E-state index in [0.717, 1.165) is 25.1 Å². The van der Waals surface area contributed by atoms with Crippen LogP contribution in [0.2, 0.25) is 0 Å². The Labute approximate surface area is 127 Å². The van der Waals surface area contributed by atoms with E-state index in [4.69, 9.17) is 10.5 Å². The van der Waals surface area contributed by atoms with Crippen molar-refractivity contribution in [2.45, 2.75) is 71.3 Å². The number of aromatic nitrogens is 2. The Bertz CT molecular complexity index is 456. The molecule has 5 nitrogen and oxygen atoms in total. The van der Waals surface area contributed by atoms with Gasteiger partial charge in [0.2, 0.25) is 5.88 Å². The average Bonchev–Trinajstić information content (AvgIpc) is 2.48. The summed E-state index contributed by atoms with van der Waals surface area (Å²) < 4.78 is 5.72. The van der Waals surface area contributed by atoms with Crippen LogP contribution in [-0.4, -0.2) is 22.6 Å². The standard InChI is InChI=1S/C16H28N4O/c1-4-10-21-16-13(17)15(18-11(2)3)19-14(20-16)12-8-6-5-7-9-12/h11-12H,4-10,17H2,1-3H3,(H,18,19,20). The van der Waals surface area contributed by atoms with Gasteiger partial charge in [0, 0.05) is 12.0 Å². The van der Waals surface area contributed by atoms with Crippen LogP contribution < -0.4 is 15.8 Å². The van der Waals surface area contributed by atoms with Crippen LogP contribution >= 0.6 is 0 Å². The number of rotatable bonds is 6. The molecule has 21 heavy (non-hydrogen) atoms. The van der Waals surface area contributed by atoms with Crippen molar-refractivity contribution < 1.29 is 4.74 Å². The third kappa shape index (κ3) is 4.22. The topological polar surface area (TPSA) is 73.1 Å². The Kier molecular flexibility index (Phi) is 5.65. The van der Waals surface area contributed by atoms with E-state index in [2.05, 4.69) is 36.1 Å². The lowest BCUT2D eigenvalue weighted by molar-refractivity contribution is 0.303. The molecule has 2 rings (SSSR count). The van der Waals surface area contributed by atoms with E-state index < -0.39 is 0 Å². The molecule has 0 atom stereocenters. The Morgan fingerprint density at radius 1 is 1.24 bits per heavy atom. The van der Waals surface area contributed by atoms with Crippen LogP contribution in [0.25, 0.3) is 0 Å². The van der Waals surface area contributed by atoms with E-state index in [1.54, 1.807) is 0 Å². The van der Waals surface area contributed by atoms with Gasteiger partial charge < -0.3 is 15.8 Å². The molecule has 0 aromatic carbocycles. The van der Waals surface area contributed by atoms with Crippen molar-refractivity contribution in [1.82, 2.24) is 9.97 Å². The number of anilines is 2. The molecule has 1 aromatic heterocycles. The van der Waals surface area contributed by atoms with Gasteiger partial charge in [-0.05, 0) is 33.1 Å². The Morgan fingerprint density at radius 2 is 1.95 bits per heavy atom. The molecule has 0 amide bonds. The van der Waals surface area contributed by atoms with Gasteiger partial charge in [-0.2, -0.15) is 4.98 Å². The van der Waals surface area contributed by atoms with Gasteiger partial charge in [-0.25, -0.2) is 4.98 Å². The van der Waals surface area contributed by atoms with Crippen molar-refractivity contribution >= 4 is 11.5 Å². The fourth-order valence-corrected chi connectivity index (χ4v) is 2.70. The summed E-state index contributed by atoms with van der Waals surface area (Å²) in [6.07, 6.45) is 7.11. The number of nitrogen functional groups attached to an aromatic ring is 1. The molecule has 1 fully saturated rings. The maximum atomic E-state index is 6.16. The maximum absolute atomic E-state index is 6.16. The fraction of sp³-hybridized carbons (Fsp3) is 0.750. The van der Waals surface area contributed by atoms with Crippen molar-refractivity contribution in [1.29, 1.82) is 0 Å². The van der Waals surface area contributed by atoms with E-state index in [-0.39, 0.29) is 6.04 Å². The van der Waals surface area contributed by atoms with Gasteiger partial charge in [0.15, 0.2) is 5.82 Å². The Morgan fingerprint density at radius 3 is 2.57 bits per heavy atom. The second kappa shape index (κ2) is 7.48. The zero-order valence-electron chi connectivity index (χ0n) is 13.5. The van der Waals surface area contributed by atoms with Gasteiger partial charge in [-0.3, -0.25) is 0 Å². The molecular formula is C16H28N4O. The first-order chi connectivity index (χ1) is 10.1. The molecule has 1 heterocycles. The minimum atomic E-state index is 0.278. The number of nitrogens with two attached hydrogens (primary N) is 1. The molecule has 0 aliphatic heterocycles. The summed E-state index contributed by atoms with van der Waals surface area (Å²) in [4.78, 5) is 9.28. The average molecular weight is 292 g/mol. The number of hydrogen-bond donors (Lipinski definition) is 2. The third-order valence-corrected chi connectivity index (χ3v) is 3.77. The molecule has 1 aliphatic rings. The van der Waals surface area contributed by atoms with Crippen LogP contribution in [-0.2, 0) is 0 Å². The normalized spacial score (nSPS) is 16.2. The second-order valence-electron chi connectivity index (χ2n) is 6.13. The van der Waals surface area contributed by atoms with E-state index >= 15 is 0 Å². The molecule has 1 aromatic rings. The van der Waals surface area contributed by atoms with Gasteiger partial charge in [0.1, 0.15) is 11.5 Å². The lowest BCUT2D eigenvalue weighted by Crippen LogP contribution is -2.18. The molecule has 0 saturated heterocycles. The molecule has 118 valence electrons. The quantitative estimate of drug-likeness (QED) is 0.836. The van der Waals surface area contributed by atoms with Crippen LogP contribution in [0.15, 0.2) is 0 Å². The lowest BCUT2D eigenvalue weighted by atomic mass is 9.88. The smallest absolute Gasteiger partial charge is 0.242 e. The molecular weight excluding hydrogens is 264 g/mol. The summed E-state index contributed by atoms with van der Waals surface area (Å²) in [7, 11) is 0. The fourth-order valence-electron chi connectivity index (χ4n) is 2.70. The predicted molar refractivity (Wildman–Crippen MR) is 86.8 cm³/mol. The molecule has 3 N–H and O–H groups in total. The van der Waals surface area contributed by atoms with Gasteiger partial charge in [-0.1, -0.05) is 26.2 Å². The highest BCUT2D eigenvalue weighted by Crippen LogP contribution is 2.35. The SMILES string of the molecule is CCCOc1nc(C2CCCCC2)nc(NC(C)C)c1N. The van der Waals surface area contributed by atoms with E-state index in [0.29, 0.717) is 29.9 Å². The summed E-state index contributed by atoms with van der Waals surface area (Å²) in [6.45, 7) is 6.86. The second-order valence-corrected chi connectivity index (χ2v) is 6.13. The summed E-state index contributed by atoms with van der Waals surface area (Å²) in [5, 5.41) is 3.31. The van der Waals surface area contributed by atoms with Crippen LogP contribution in [0.4, 0.5) is 11.5 Å². The highest BCUT2D eigenvalue weighted by atomic mass is 16.5. The van der Waals surface area contributed by atoms with Gasteiger partial charge in [0.05, 0.1) is 6.61 Å². The first-order valence-corrected chi connectivity index (χ1v) is 8.18. The Balaban J connectivity index is 2.29. The highest BCUT2D eigenvalue weighted by molar-refractivity contribution is 5.67. The van der Waals surface area contributed by atoms with Crippen molar-refractivity contribution in [3.05, 3.63) is 5.82 Å². The molecule has 5 heteroatoms. The molecule has 0 bridgehead atoms. The van der Waals surface area contributed by atoms with Gasteiger partial charge in [-0.15, -0.1) is 0 Å². The number of nitrogens with zero attached hydrogens (tertiary/aromatic N) is 2. The largest absolute Gasteiger partial charge is 0.476 e. The third-order valence-electron chi connectivity index (χ3n) is 3.77. The summed E-state index contributed by atoms with van der Waals surface area (Å²) in [6, 6.07) is 0.278. The number of hydrogen-bond acceptors (Lipinski definition) is 5. The van der Waals surface area contributed by atoms with E-state index in [1.165, 1.54) is 19.3 Å². The zero-order valence-corrected chi connectivity index (χ0v) is 13.5. The molecule has 0 spiro atoms. The molecule has 0 unspecified atom stereocenters. The number of nitrogens with one attached hydrogen (secondary N) is 1. The van der Waals surface area contributed by atoms with Crippen molar-refractivity contribution in [2.24, 2.45) is 0 Å². The summed E-state index contributed by atoms with van der Waals surface area (Å²) in [5.41, 5.74) is 6.68. The van der Waals surface area contributed by atoms with Crippen LogP contribution in [0, 0.1) is 0 Å². The molecule has 0 radical (unpaired) electrons. The first-order valence-electron chi connectivity index (χ1n) is 8.18. The van der Waals surface area contributed by atoms with Crippen LogP contribution in [0.5, 0.6) is 5.88 Å². The van der Waals surface area contributed by atoms with E-state index in [9.17, 15) is 0 Å². The number of ether oxygens (including phenoxy) is 1. The lowest BCUT2D eigenvalue weighted by Gasteiger charge is -2.22. The predicted octanol–water partition coefficient (Wildman–Crippen LogP) is 3.72. The van der Waals surface area contributed by atoms with E-state index in [1.807, 2.05) is 0 Å². The van der Waals surface area contributed by atoms with Crippen molar-refractivity contribution in [3.8, 4) is 5.88 Å². The van der Waals surface area contributed by atoms with Crippen molar-refractivity contribution in [2.75, 3.05) is 17.7 Å². The molecule has 1 saturated carbocycles. The first kappa shape index (κ1) is 15.9.